The Morgan fingerprint density at radius 1 is 1.12 bits per heavy atom. The number of hydrogen-bond donors (Lipinski definition) is 1. The zero-order chi connectivity index (χ0) is 17.6. The number of nitrogens with one attached hydrogen (secondary N) is 1. The predicted molar refractivity (Wildman–Crippen MR) is 93.8 cm³/mol. The van der Waals surface area contributed by atoms with Gasteiger partial charge in [0.15, 0.2) is 23.0 Å². The van der Waals surface area contributed by atoms with Gasteiger partial charge in [-0.1, -0.05) is 12.1 Å². The minimum absolute atomic E-state index is 0.0883. The number of benzene rings is 2. The van der Waals surface area contributed by atoms with E-state index in [4.69, 9.17) is 18.9 Å². The molecular weight excluding hydrogens is 322 g/mol. The summed E-state index contributed by atoms with van der Waals surface area (Å²) in [6.07, 6.45) is 0.781. The van der Waals surface area contributed by atoms with Gasteiger partial charge in [0, 0.05) is 18.2 Å². The first-order chi connectivity index (χ1) is 12.2. The van der Waals surface area contributed by atoms with Crippen LogP contribution in [0.25, 0.3) is 0 Å². The summed E-state index contributed by atoms with van der Waals surface area (Å²) in [5.74, 6) is 2.56. The molecule has 1 amide bonds. The highest BCUT2D eigenvalue weighted by Crippen LogP contribution is 2.32. The smallest absolute Gasteiger partial charge is 0.224 e. The third-order valence-corrected chi connectivity index (χ3v) is 3.93. The van der Waals surface area contributed by atoms with Crippen LogP contribution >= 0.6 is 0 Å². The molecule has 0 unspecified atom stereocenters. The lowest BCUT2D eigenvalue weighted by molar-refractivity contribution is -0.116. The van der Waals surface area contributed by atoms with E-state index < -0.39 is 0 Å². The van der Waals surface area contributed by atoms with Gasteiger partial charge in [0.1, 0.15) is 12.7 Å². The van der Waals surface area contributed by atoms with E-state index in [1.54, 1.807) is 32.4 Å². The number of amides is 1. The maximum Gasteiger partial charge on any atom is 0.224 e. The fourth-order valence-corrected chi connectivity index (χ4v) is 2.63. The fraction of sp³-hybridized carbons (Fsp3) is 0.316. The number of ether oxygens (including phenoxy) is 4. The summed E-state index contributed by atoms with van der Waals surface area (Å²) in [6, 6.07) is 12.8. The highest BCUT2D eigenvalue weighted by molar-refractivity contribution is 5.91. The van der Waals surface area contributed by atoms with Crippen LogP contribution in [0, 0.1) is 0 Å². The standard InChI is InChI=1S/C19H21NO5/c1-22-15-9-7-13(11-18(15)23-2)20-19(21)10-8-14-12-24-16-5-3-4-6-17(16)25-14/h3-7,9,11,14H,8,10,12H2,1-2H3,(H,20,21)/t14-/m1/s1. The lowest BCUT2D eigenvalue weighted by Crippen LogP contribution is -2.30. The molecule has 25 heavy (non-hydrogen) atoms. The molecule has 6 nitrogen and oxygen atoms in total. The van der Waals surface area contributed by atoms with Crippen molar-refractivity contribution in [1.82, 2.24) is 0 Å². The number of rotatable bonds is 6. The maximum atomic E-state index is 12.2. The van der Waals surface area contributed by atoms with Crippen molar-refractivity contribution in [3.05, 3.63) is 42.5 Å². The molecule has 6 heteroatoms. The van der Waals surface area contributed by atoms with Crippen LogP contribution in [0.3, 0.4) is 0 Å². The van der Waals surface area contributed by atoms with Gasteiger partial charge in [-0.15, -0.1) is 0 Å². The Balaban J connectivity index is 1.52. The molecule has 0 bridgehead atoms. The first kappa shape index (κ1) is 17.0. The molecule has 132 valence electrons. The first-order valence-electron chi connectivity index (χ1n) is 8.10. The lowest BCUT2D eigenvalue weighted by atomic mass is 10.1. The van der Waals surface area contributed by atoms with Crippen molar-refractivity contribution in [2.45, 2.75) is 18.9 Å². The van der Waals surface area contributed by atoms with Crippen molar-refractivity contribution < 1.29 is 23.7 Å². The number of carbonyl (C=O) groups excluding carboxylic acids is 1. The van der Waals surface area contributed by atoms with Gasteiger partial charge in [0.25, 0.3) is 0 Å². The summed E-state index contributed by atoms with van der Waals surface area (Å²) in [7, 11) is 3.13. The molecule has 0 saturated heterocycles. The van der Waals surface area contributed by atoms with Crippen molar-refractivity contribution in [1.29, 1.82) is 0 Å². The second kappa shape index (κ2) is 7.79. The summed E-state index contributed by atoms with van der Waals surface area (Å²) < 4.78 is 21.9. The van der Waals surface area contributed by atoms with Crippen molar-refractivity contribution in [3.63, 3.8) is 0 Å². The van der Waals surface area contributed by atoms with Crippen LogP contribution in [0.15, 0.2) is 42.5 Å². The van der Waals surface area contributed by atoms with Crippen LogP contribution in [0.5, 0.6) is 23.0 Å². The molecule has 0 spiro atoms. The highest BCUT2D eigenvalue weighted by atomic mass is 16.6. The Morgan fingerprint density at radius 2 is 1.88 bits per heavy atom. The zero-order valence-electron chi connectivity index (χ0n) is 14.3. The summed E-state index contributed by atoms with van der Waals surface area (Å²) in [6.45, 7) is 0.445. The minimum atomic E-state index is -0.133. The third-order valence-electron chi connectivity index (χ3n) is 3.93. The van der Waals surface area contributed by atoms with Gasteiger partial charge < -0.3 is 24.3 Å². The molecule has 1 N–H and O–H groups in total. The average molecular weight is 343 g/mol. The van der Waals surface area contributed by atoms with E-state index in [-0.39, 0.29) is 12.0 Å². The highest BCUT2D eigenvalue weighted by Gasteiger charge is 2.21. The Labute approximate surface area is 146 Å². The van der Waals surface area contributed by atoms with Gasteiger partial charge in [-0.3, -0.25) is 4.79 Å². The fourth-order valence-electron chi connectivity index (χ4n) is 2.63. The van der Waals surface area contributed by atoms with E-state index in [1.165, 1.54) is 0 Å². The number of para-hydroxylation sites is 2. The normalized spacial score (nSPS) is 15.4. The van der Waals surface area contributed by atoms with Crippen LogP contribution in [-0.2, 0) is 4.79 Å². The second-order valence-electron chi connectivity index (χ2n) is 5.65. The number of anilines is 1. The molecule has 2 aromatic carbocycles. The lowest BCUT2D eigenvalue weighted by Gasteiger charge is -2.26. The third kappa shape index (κ3) is 4.15. The molecule has 0 fully saturated rings. The summed E-state index contributed by atoms with van der Waals surface area (Å²) >= 11 is 0. The monoisotopic (exact) mass is 343 g/mol. The Hall–Kier alpha value is -2.89. The average Bonchev–Trinajstić information content (AvgIpc) is 2.66. The largest absolute Gasteiger partial charge is 0.493 e. The molecule has 0 aliphatic carbocycles. The van der Waals surface area contributed by atoms with Gasteiger partial charge in [0.05, 0.1) is 14.2 Å². The molecule has 1 heterocycles. The van der Waals surface area contributed by atoms with Crippen molar-refractivity contribution in [3.8, 4) is 23.0 Å². The summed E-state index contributed by atoms with van der Waals surface area (Å²) in [5.41, 5.74) is 0.661. The summed E-state index contributed by atoms with van der Waals surface area (Å²) in [5, 5.41) is 2.86. The molecule has 1 atom stereocenters. The van der Waals surface area contributed by atoms with E-state index in [9.17, 15) is 4.79 Å². The van der Waals surface area contributed by atoms with Crippen LogP contribution in [0.1, 0.15) is 12.8 Å². The van der Waals surface area contributed by atoms with Crippen LogP contribution in [-0.4, -0.2) is 32.8 Å². The number of methoxy groups -OCH3 is 2. The predicted octanol–water partition coefficient (Wildman–Crippen LogP) is 3.26. The van der Waals surface area contributed by atoms with E-state index in [1.807, 2.05) is 24.3 Å². The van der Waals surface area contributed by atoms with E-state index in [2.05, 4.69) is 5.32 Å². The number of carbonyl (C=O) groups is 1. The van der Waals surface area contributed by atoms with Crippen molar-refractivity contribution in [2.24, 2.45) is 0 Å². The van der Waals surface area contributed by atoms with E-state index >= 15 is 0 Å². The van der Waals surface area contributed by atoms with Crippen LogP contribution in [0.2, 0.25) is 0 Å². The molecule has 0 saturated carbocycles. The molecule has 0 aromatic heterocycles. The van der Waals surface area contributed by atoms with E-state index in [0.29, 0.717) is 36.6 Å². The van der Waals surface area contributed by atoms with Gasteiger partial charge >= 0.3 is 0 Å². The van der Waals surface area contributed by atoms with Gasteiger partial charge in [-0.2, -0.15) is 0 Å². The first-order valence-corrected chi connectivity index (χ1v) is 8.10. The maximum absolute atomic E-state index is 12.2. The van der Waals surface area contributed by atoms with Gasteiger partial charge in [-0.25, -0.2) is 0 Å². The Kier molecular flexibility index (Phi) is 5.28. The number of fused-ring (bicyclic) bond motifs is 1. The molecule has 1 aliphatic rings. The molecule has 2 aromatic rings. The van der Waals surface area contributed by atoms with Crippen LogP contribution in [0.4, 0.5) is 5.69 Å². The summed E-state index contributed by atoms with van der Waals surface area (Å²) in [4.78, 5) is 12.2. The second-order valence-corrected chi connectivity index (χ2v) is 5.65. The zero-order valence-corrected chi connectivity index (χ0v) is 14.3. The van der Waals surface area contributed by atoms with Gasteiger partial charge in [0.2, 0.25) is 5.91 Å². The molecular formula is C19H21NO5. The van der Waals surface area contributed by atoms with E-state index in [0.717, 1.165) is 11.5 Å². The SMILES string of the molecule is COc1ccc(NC(=O)CC[C@@H]2COc3ccccc3O2)cc1OC. The van der Waals surface area contributed by atoms with Crippen LogP contribution < -0.4 is 24.3 Å². The topological polar surface area (TPSA) is 66.0 Å². The van der Waals surface area contributed by atoms with Gasteiger partial charge in [-0.05, 0) is 30.7 Å². The Bertz CT molecular complexity index is 746. The van der Waals surface area contributed by atoms with Crippen molar-refractivity contribution >= 4 is 11.6 Å². The quantitative estimate of drug-likeness (QED) is 0.872. The molecule has 3 rings (SSSR count). The molecule has 1 aliphatic heterocycles. The van der Waals surface area contributed by atoms with Crippen molar-refractivity contribution in [2.75, 3.05) is 26.1 Å². The Morgan fingerprint density at radius 3 is 2.64 bits per heavy atom. The minimum Gasteiger partial charge on any atom is -0.493 e. The number of hydrogen-bond acceptors (Lipinski definition) is 5. The molecule has 0 radical (unpaired) electrons.